The van der Waals surface area contributed by atoms with E-state index in [1.807, 2.05) is 0 Å². The molecule has 12 heteroatoms. The van der Waals surface area contributed by atoms with Crippen LogP contribution in [0.5, 0.6) is 0 Å². The summed E-state index contributed by atoms with van der Waals surface area (Å²) >= 11 is 0. The second-order valence-electron chi connectivity index (χ2n) is 6.13. The topological polar surface area (TPSA) is 173 Å². The lowest BCUT2D eigenvalue weighted by molar-refractivity contribution is -0.972. The number of hydrogen-bond donors (Lipinski definition) is 0. The van der Waals surface area contributed by atoms with Crippen LogP contribution in [0.4, 0.5) is 0 Å². The average Bonchev–Trinajstić information content (AvgIpc) is 2.22. The van der Waals surface area contributed by atoms with Gasteiger partial charge in [0.15, 0.2) is 21.2 Å². The zero-order chi connectivity index (χ0) is 17.2. The smallest absolute Gasteiger partial charge is 0.264 e. The molecule has 0 bridgehead atoms. The molecule has 0 rings (SSSR count). The minimum Gasteiger partial charge on any atom is -0.264 e. The van der Waals surface area contributed by atoms with Crippen molar-refractivity contribution in [2.45, 2.75) is 51.9 Å². The molecular weight excluding hydrogens is 292 g/mol. The Hall–Kier alpha value is -2.40. The first-order chi connectivity index (χ1) is 9.19. The van der Waals surface area contributed by atoms with Crippen LogP contribution in [-0.4, -0.2) is 31.0 Å². The van der Waals surface area contributed by atoms with Crippen molar-refractivity contribution in [3.05, 3.63) is 40.5 Å². The van der Waals surface area contributed by atoms with E-state index in [0.717, 1.165) is 0 Å². The standard InChI is InChI=1S/C9H16N4O8/c1-7(2,5-8(3,4)10(14)15)6-9(11(16)17,12(18)19)13(20)21/h5-6H2,1-4H3. The van der Waals surface area contributed by atoms with E-state index < -0.39 is 42.9 Å². The van der Waals surface area contributed by atoms with E-state index in [-0.39, 0.29) is 6.42 Å². The first-order valence-electron chi connectivity index (χ1n) is 5.77. The Bertz CT molecular complexity index is 450. The molecule has 0 aromatic heterocycles. The van der Waals surface area contributed by atoms with E-state index in [0.29, 0.717) is 0 Å². The minimum atomic E-state index is -3.61. The maximum Gasteiger partial charge on any atom is 0.700 e. The Morgan fingerprint density at radius 1 is 0.667 bits per heavy atom. The van der Waals surface area contributed by atoms with Gasteiger partial charge in [-0.05, 0) is 5.41 Å². The lowest BCUT2D eigenvalue weighted by Crippen LogP contribution is -2.56. The Balaban J connectivity index is 5.64. The van der Waals surface area contributed by atoms with Crippen LogP contribution in [0.15, 0.2) is 0 Å². The van der Waals surface area contributed by atoms with Crippen LogP contribution in [0.2, 0.25) is 0 Å². The molecule has 0 radical (unpaired) electrons. The number of nitro groups is 4. The van der Waals surface area contributed by atoms with Gasteiger partial charge in [-0.25, -0.2) is 0 Å². The molecule has 0 saturated carbocycles. The second-order valence-corrected chi connectivity index (χ2v) is 6.13. The van der Waals surface area contributed by atoms with E-state index >= 15 is 0 Å². The minimum absolute atomic E-state index is 0.301. The summed E-state index contributed by atoms with van der Waals surface area (Å²) in [5, 5.41) is 43.5. The zero-order valence-electron chi connectivity index (χ0n) is 12.0. The van der Waals surface area contributed by atoms with Crippen LogP contribution in [0.25, 0.3) is 0 Å². The van der Waals surface area contributed by atoms with Crippen molar-refractivity contribution in [3.8, 4) is 0 Å². The van der Waals surface area contributed by atoms with Gasteiger partial charge in [-0.15, -0.1) is 0 Å². The molecular formula is C9H16N4O8. The molecule has 0 aliphatic heterocycles. The molecule has 0 unspecified atom stereocenters. The summed E-state index contributed by atoms with van der Waals surface area (Å²) in [6.45, 7) is 5.04. The van der Waals surface area contributed by atoms with E-state index in [1.54, 1.807) is 0 Å². The van der Waals surface area contributed by atoms with Crippen LogP contribution in [-0.2, 0) is 0 Å². The highest BCUT2D eigenvalue weighted by Crippen LogP contribution is 2.38. The number of hydrogen-bond acceptors (Lipinski definition) is 8. The second kappa shape index (κ2) is 5.54. The van der Waals surface area contributed by atoms with E-state index in [4.69, 9.17) is 0 Å². The molecule has 0 aromatic carbocycles. The number of rotatable bonds is 8. The first-order valence-corrected chi connectivity index (χ1v) is 5.77. The Labute approximate surface area is 118 Å². The Kier molecular flexibility index (Phi) is 4.90. The third-order valence-electron chi connectivity index (χ3n) is 3.00. The summed E-state index contributed by atoms with van der Waals surface area (Å²) in [4.78, 5) is 38.1. The zero-order valence-corrected chi connectivity index (χ0v) is 12.0. The number of nitrogens with zero attached hydrogens (tertiary/aromatic N) is 4. The Morgan fingerprint density at radius 3 is 1.24 bits per heavy atom. The quantitative estimate of drug-likeness (QED) is 0.366. The van der Waals surface area contributed by atoms with Crippen LogP contribution < -0.4 is 0 Å². The molecule has 0 heterocycles. The molecule has 0 atom stereocenters. The molecule has 120 valence electrons. The van der Waals surface area contributed by atoms with Gasteiger partial charge in [0.05, 0.1) is 0 Å². The molecule has 0 aromatic rings. The fourth-order valence-electron chi connectivity index (χ4n) is 2.33. The summed E-state index contributed by atoms with van der Waals surface area (Å²) in [7, 11) is 0. The van der Waals surface area contributed by atoms with Crippen molar-refractivity contribution >= 4 is 0 Å². The van der Waals surface area contributed by atoms with E-state index in [1.165, 1.54) is 27.7 Å². The third-order valence-corrected chi connectivity index (χ3v) is 3.00. The average molecular weight is 308 g/mol. The van der Waals surface area contributed by atoms with E-state index in [2.05, 4.69) is 0 Å². The normalized spacial score (nSPS) is 12.8. The Morgan fingerprint density at radius 2 is 1.00 bits per heavy atom. The van der Waals surface area contributed by atoms with Crippen molar-refractivity contribution in [2.24, 2.45) is 5.41 Å². The molecule has 0 spiro atoms. The molecule has 12 nitrogen and oxygen atoms in total. The van der Waals surface area contributed by atoms with Gasteiger partial charge in [0, 0.05) is 25.2 Å². The van der Waals surface area contributed by atoms with Crippen LogP contribution in [0.3, 0.4) is 0 Å². The van der Waals surface area contributed by atoms with Crippen molar-refractivity contribution in [1.29, 1.82) is 0 Å². The van der Waals surface area contributed by atoms with Crippen LogP contribution in [0.1, 0.15) is 40.5 Å². The molecule has 0 aliphatic carbocycles. The van der Waals surface area contributed by atoms with E-state index in [9.17, 15) is 40.5 Å². The lowest BCUT2D eigenvalue weighted by Gasteiger charge is -2.28. The lowest BCUT2D eigenvalue weighted by atomic mass is 9.76. The van der Waals surface area contributed by atoms with Gasteiger partial charge in [0.2, 0.25) is 5.54 Å². The maximum atomic E-state index is 10.9. The van der Waals surface area contributed by atoms with Crippen LogP contribution >= 0.6 is 0 Å². The summed E-state index contributed by atoms with van der Waals surface area (Å²) in [5.74, 6) is -3.61. The van der Waals surface area contributed by atoms with Crippen molar-refractivity contribution in [2.75, 3.05) is 0 Å². The molecule has 21 heavy (non-hydrogen) atoms. The predicted molar refractivity (Wildman–Crippen MR) is 67.8 cm³/mol. The fraction of sp³-hybridized carbons (Fsp3) is 1.00. The highest BCUT2D eigenvalue weighted by molar-refractivity contribution is 4.81. The largest absolute Gasteiger partial charge is 0.700 e. The van der Waals surface area contributed by atoms with Gasteiger partial charge < -0.3 is 0 Å². The van der Waals surface area contributed by atoms with Gasteiger partial charge >= 0.3 is 5.79 Å². The molecule has 0 amide bonds. The third kappa shape index (κ3) is 3.79. The van der Waals surface area contributed by atoms with Crippen molar-refractivity contribution in [3.63, 3.8) is 0 Å². The van der Waals surface area contributed by atoms with Gasteiger partial charge in [0.1, 0.15) is 0 Å². The summed E-state index contributed by atoms with van der Waals surface area (Å²) in [6.07, 6.45) is -1.37. The first kappa shape index (κ1) is 18.6. The summed E-state index contributed by atoms with van der Waals surface area (Å²) < 4.78 is 0. The van der Waals surface area contributed by atoms with Gasteiger partial charge in [-0.2, -0.15) is 0 Å². The predicted octanol–water partition coefficient (Wildman–Crippen LogP) is 1.33. The van der Waals surface area contributed by atoms with Gasteiger partial charge in [-0.3, -0.25) is 40.5 Å². The monoisotopic (exact) mass is 308 g/mol. The summed E-state index contributed by atoms with van der Waals surface area (Å²) in [5.41, 5.74) is -2.90. The molecule has 0 saturated heterocycles. The molecule has 0 aliphatic rings. The fourth-order valence-corrected chi connectivity index (χ4v) is 2.33. The van der Waals surface area contributed by atoms with Crippen LogP contribution in [0, 0.1) is 45.9 Å². The van der Waals surface area contributed by atoms with Gasteiger partial charge in [-0.1, -0.05) is 13.8 Å². The molecule has 0 N–H and O–H groups in total. The van der Waals surface area contributed by atoms with Crippen molar-refractivity contribution < 1.29 is 19.7 Å². The highest BCUT2D eigenvalue weighted by atomic mass is 16.7. The SMILES string of the molecule is CC(C)(CC(C)(C)[N+](=O)[O-])CC([N+](=O)[O-])([N+](=O)[O-])[N+](=O)[O-]. The summed E-state index contributed by atoms with van der Waals surface area (Å²) in [6, 6.07) is 0. The maximum absolute atomic E-state index is 10.9. The van der Waals surface area contributed by atoms with Crippen molar-refractivity contribution in [1.82, 2.24) is 0 Å². The highest BCUT2D eigenvalue weighted by Gasteiger charge is 2.72. The molecule has 0 fully saturated rings. The van der Waals surface area contributed by atoms with Gasteiger partial charge in [0.25, 0.3) is 0 Å².